The van der Waals surface area contributed by atoms with Gasteiger partial charge in [-0.1, -0.05) is 35.9 Å². The summed E-state index contributed by atoms with van der Waals surface area (Å²) < 4.78 is 19.9. The highest BCUT2D eigenvalue weighted by atomic mass is 35.5. The second kappa shape index (κ2) is 8.74. The van der Waals surface area contributed by atoms with Crippen LogP contribution in [0.1, 0.15) is 35.6 Å². The number of rotatable bonds is 4. The summed E-state index contributed by atoms with van der Waals surface area (Å²) in [7, 11) is 0. The molecular formula is C28H21ClFN3O3. The van der Waals surface area contributed by atoms with E-state index in [2.05, 4.69) is 11.0 Å². The monoisotopic (exact) mass is 501 g/mol. The number of fused-ring (bicyclic) bond motifs is 2. The fraction of sp³-hybridized carbons (Fsp3) is 0.250. The minimum Gasteiger partial charge on any atom is -0.481 e. The Hall–Kier alpha value is -3.73. The van der Waals surface area contributed by atoms with Gasteiger partial charge in [-0.15, -0.1) is 0 Å². The molecule has 6 nitrogen and oxygen atoms in total. The number of nitriles is 1. The van der Waals surface area contributed by atoms with E-state index in [9.17, 15) is 19.6 Å². The highest BCUT2D eigenvalue weighted by Crippen LogP contribution is 2.44. The van der Waals surface area contributed by atoms with Gasteiger partial charge < -0.3 is 9.52 Å². The van der Waals surface area contributed by atoms with E-state index in [1.165, 1.54) is 12.1 Å². The number of benzene rings is 3. The molecule has 36 heavy (non-hydrogen) atoms. The van der Waals surface area contributed by atoms with E-state index in [0.29, 0.717) is 57.9 Å². The molecule has 1 aliphatic carbocycles. The van der Waals surface area contributed by atoms with Gasteiger partial charge in [0.25, 0.3) is 0 Å². The van der Waals surface area contributed by atoms with E-state index >= 15 is 0 Å². The highest BCUT2D eigenvalue weighted by Gasteiger charge is 2.37. The van der Waals surface area contributed by atoms with E-state index in [-0.39, 0.29) is 23.7 Å². The largest absolute Gasteiger partial charge is 0.481 e. The van der Waals surface area contributed by atoms with E-state index in [1.807, 2.05) is 18.2 Å². The van der Waals surface area contributed by atoms with Gasteiger partial charge in [0.15, 0.2) is 5.58 Å². The molecule has 0 bridgehead atoms. The molecule has 2 heterocycles. The Balaban J connectivity index is 1.42. The van der Waals surface area contributed by atoms with Crippen LogP contribution >= 0.6 is 11.6 Å². The average molecular weight is 502 g/mol. The molecule has 1 saturated heterocycles. The maximum atomic E-state index is 13.8. The second-order valence-corrected chi connectivity index (χ2v) is 9.73. The first kappa shape index (κ1) is 22.7. The van der Waals surface area contributed by atoms with Crippen molar-refractivity contribution in [2.75, 3.05) is 13.1 Å². The van der Waals surface area contributed by atoms with Gasteiger partial charge in [0, 0.05) is 18.2 Å². The number of aliphatic carboxylic acids is 1. The summed E-state index contributed by atoms with van der Waals surface area (Å²) in [6.45, 7) is 1.22. The Bertz CT molecular complexity index is 1570. The van der Waals surface area contributed by atoms with Crippen LogP contribution in [0.3, 0.4) is 0 Å². The van der Waals surface area contributed by atoms with Crippen LogP contribution in [0.2, 0.25) is 5.02 Å². The predicted molar refractivity (Wildman–Crippen MR) is 133 cm³/mol. The number of carboxylic acids is 1. The molecular weight excluding hydrogens is 481 g/mol. The van der Waals surface area contributed by atoms with E-state index < -0.39 is 5.97 Å². The van der Waals surface area contributed by atoms with Crippen LogP contribution in [0.15, 0.2) is 52.9 Å². The number of oxazole rings is 1. The number of likely N-dealkylation sites (tertiary alicyclic amines) is 1. The van der Waals surface area contributed by atoms with Gasteiger partial charge in [-0.05, 0) is 66.8 Å². The SMILES string of the molecule is N#Cc1c2c(cc3nc(-c4cccc(-c5cccc(F)c5)c4Cl)oc13)[C@H](N1CC[C@@H](C(=O)O)C1)CC2. The predicted octanol–water partition coefficient (Wildman–Crippen LogP) is 6.22. The molecule has 0 amide bonds. The molecule has 2 atom stereocenters. The summed E-state index contributed by atoms with van der Waals surface area (Å²) in [6, 6.07) is 15.9. The number of hydrogen-bond donors (Lipinski definition) is 1. The maximum absolute atomic E-state index is 13.8. The minimum atomic E-state index is -0.762. The van der Waals surface area contributed by atoms with Crippen LogP contribution in [0.25, 0.3) is 33.7 Å². The van der Waals surface area contributed by atoms with Gasteiger partial charge in [0.1, 0.15) is 23.0 Å². The lowest BCUT2D eigenvalue weighted by molar-refractivity contribution is -0.141. The third kappa shape index (κ3) is 3.65. The molecule has 0 unspecified atom stereocenters. The second-order valence-electron chi connectivity index (χ2n) is 9.35. The Morgan fingerprint density at radius 1 is 1.19 bits per heavy atom. The molecule has 2 aliphatic rings. The summed E-state index contributed by atoms with van der Waals surface area (Å²) in [5, 5.41) is 19.8. The summed E-state index contributed by atoms with van der Waals surface area (Å²) in [6.07, 6.45) is 2.18. The van der Waals surface area contributed by atoms with Crippen LogP contribution in [0, 0.1) is 23.1 Å². The molecule has 1 N–H and O–H groups in total. The number of hydrogen-bond acceptors (Lipinski definition) is 5. The van der Waals surface area contributed by atoms with E-state index in [4.69, 9.17) is 21.0 Å². The van der Waals surface area contributed by atoms with Crippen molar-refractivity contribution in [3.63, 3.8) is 0 Å². The first-order chi connectivity index (χ1) is 17.4. The normalized spacial score (nSPS) is 19.5. The highest BCUT2D eigenvalue weighted by molar-refractivity contribution is 6.36. The average Bonchev–Trinajstić information content (AvgIpc) is 3.60. The molecule has 4 aromatic rings. The van der Waals surface area contributed by atoms with Crippen molar-refractivity contribution in [1.29, 1.82) is 5.26 Å². The summed E-state index contributed by atoms with van der Waals surface area (Å²) >= 11 is 6.74. The zero-order valence-electron chi connectivity index (χ0n) is 19.2. The minimum absolute atomic E-state index is 0.0564. The molecule has 1 aromatic heterocycles. The summed E-state index contributed by atoms with van der Waals surface area (Å²) in [4.78, 5) is 18.4. The number of carboxylic acid groups (broad SMARTS) is 1. The number of nitrogens with zero attached hydrogens (tertiary/aromatic N) is 3. The topological polar surface area (TPSA) is 90.4 Å². The van der Waals surface area contributed by atoms with Crippen molar-refractivity contribution in [3.05, 3.63) is 76.1 Å². The van der Waals surface area contributed by atoms with Crippen molar-refractivity contribution >= 4 is 28.7 Å². The molecule has 1 fully saturated rings. The van der Waals surface area contributed by atoms with Crippen LogP contribution in [-0.4, -0.2) is 34.0 Å². The van der Waals surface area contributed by atoms with Crippen LogP contribution in [0.4, 0.5) is 4.39 Å². The number of halogens is 2. The van der Waals surface area contributed by atoms with Crippen molar-refractivity contribution in [1.82, 2.24) is 9.88 Å². The third-order valence-corrected chi connectivity index (χ3v) is 7.74. The first-order valence-electron chi connectivity index (χ1n) is 11.8. The zero-order chi connectivity index (χ0) is 25.0. The summed E-state index contributed by atoms with van der Waals surface area (Å²) in [5.41, 5.74) is 5.26. The Kier molecular flexibility index (Phi) is 5.51. The van der Waals surface area contributed by atoms with Crippen LogP contribution < -0.4 is 0 Å². The van der Waals surface area contributed by atoms with Gasteiger partial charge >= 0.3 is 5.97 Å². The zero-order valence-corrected chi connectivity index (χ0v) is 19.9. The maximum Gasteiger partial charge on any atom is 0.307 e. The molecule has 8 heteroatoms. The van der Waals surface area contributed by atoms with Crippen LogP contribution in [-0.2, 0) is 11.2 Å². The number of carbonyl (C=O) groups is 1. The lowest BCUT2D eigenvalue weighted by atomic mass is 10.0. The smallest absolute Gasteiger partial charge is 0.307 e. The first-order valence-corrected chi connectivity index (χ1v) is 12.2. The Morgan fingerprint density at radius 2 is 2.00 bits per heavy atom. The molecule has 0 radical (unpaired) electrons. The van der Waals surface area contributed by atoms with Crippen molar-refractivity contribution in [2.24, 2.45) is 5.92 Å². The van der Waals surface area contributed by atoms with Gasteiger partial charge in [-0.3, -0.25) is 9.69 Å². The van der Waals surface area contributed by atoms with Gasteiger partial charge in [0.2, 0.25) is 5.89 Å². The number of aromatic nitrogens is 1. The van der Waals surface area contributed by atoms with Gasteiger partial charge in [-0.2, -0.15) is 5.26 Å². The fourth-order valence-electron chi connectivity index (χ4n) is 5.59. The van der Waals surface area contributed by atoms with Crippen molar-refractivity contribution in [3.8, 4) is 28.7 Å². The van der Waals surface area contributed by atoms with Crippen molar-refractivity contribution < 1.29 is 18.7 Å². The summed E-state index contributed by atoms with van der Waals surface area (Å²) in [5.74, 6) is -1.19. The van der Waals surface area contributed by atoms with Crippen molar-refractivity contribution in [2.45, 2.75) is 25.3 Å². The Morgan fingerprint density at radius 3 is 2.75 bits per heavy atom. The Labute approximate surface area is 211 Å². The quantitative estimate of drug-likeness (QED) is 0.357. The molecule has 180 valence electrons. The van der Waals surface area contributed by atoms with Gasteiger partial charge in [-0.25, -0.2) is 9.37 Å². The molecule has 6 rings (SSSR count). The van der Waals surface area contributed by atoms with E-state index in [0.717, 1.165) is 24.0 Å². The molecule has 3 aromatic carbocycles. The third-order valence-electron chi connectivity index (χ3n) is 7.34. The van der Waals surface area contributed by atoms with Gasteiger partial charge in [0.05, 0.1) is 16.5 Å². The molecule has 1 aliphatic heterocycles. The fourth-order valence-corrected chi connectivity index (χ4v) is 5.90. The lowest BCUT2D eigenvalue weighted by Crippen LogP contribution is -2.26. The molecule has 0 spiro atoms. The van der Waals surface area contributed by atoms with Crippen LogP contribution in [0.5, 0.6) is 0 Å². The lowest BCUT2D eigenvalue weighted by Gasteiger charge is -2.24. The standard InChI is InChI=1S/C28H21ClFN3O3/c29-25-18(15-3-1-4-17(30)11-15)5-2-6-20(25)27-32-23-12-21-19(22(13-31)26(23)36-27)7-8-24(21)33-10-9-16(14-33)28(34)35/h1-6,11-12,16,24H,7-10,14H2,(H,34,35)/t16-,24-/m1/s1. The molecule has 0 saturated carbocycles. The van der Waals surface area contributed by atoms with E-state index in [1.54, 1.807) is 18.2 Å².